The van der Waals surface area contributed by atoms with Crippen LogP contribution in [0.25, 0.3) is 0 Å². The van der Waals surface area contributed by atoms with Gasteiger partial charge in [-0.3, -0.25) is 4.79 Å². The molecule has 0 aliphatic rings. The zero-order valence-electron chi connectivity index (χ0n) is 14.2. The third-order valence-electron chi connectivity index (χ3n) is 3.64. The topological polar surface area (TPSA) is 75.6 Å². The largest absolute Gasteiger partial charge is 0.508 e. The number of aromatic hydroxyl groups is 1. The van der Waals surface area contributed by atoms with Gasteiger partial charge in [-0.2, -0.15) is 13.2 Å². The van der Waals surface area contributed by atoms with E-state index in [1.165, 1.54) is 31.2 Å². The van der Waals surface area contributed by atoms with Crippen LogP contribution in [-0.2, 0) is 15.7 Å². The summed E-state index contributed by atoms with van der Waals surface area (Å²) in [5.74, 6) is -1.79. The summed E-state index contributed by atoms with van der Waals surface area (Å²) in [6.07, 6.45) is -5.96. The van der Waals surface area contributed by atoms with Crippen LogP contribution in [0.5, 0.6) is 5.75 Å². The van der Waals surface area contributed by atoms with E-state index in [0.717, 1.165) is 6.07 Å². The Labute approximate surface area is 157 Å². The number of phenolic OH excluding ortho intramolecular Hbond substituents is 1. The summed E-state index contributed by atoms with van der Waals surface area (Å²) in [5, 5.41) is 11.3. The molecule has 1 amide bonds. The number of anilines is 1. The SMILES string of the molecule is Cc1ccc(C(=O)OC(C)C(=O)Nc2ccc(Cl)c(C(F)(F)F)c2)cc1O. The number of esters is 1. The first-order valence-electron chi connectivity index (χ1n) is 7.67. The maximum Gasteiger partial charge on any atom is 0.417 e. The molecule has 1 atom stereocenters. The van der Waals surface area contributed by atoms with Crippen LogP contribution in [0.3, 0.4) is 0 Å². The first kappa shape index (κ1) is 20.6. The monoisotopic (exact) mass is 401 g/mol. The van der Waals surface area contributed by atoms with E-state index in [1.54, 1.807) is 6.92 Å². The van der Waals surface area contributed by atoms with E-state index < -0.39 is 34.7 Å². The zero-order valence-corrected chi connectivity index (χ0v) is 15.0. The lowest BCUT2D eigenvalue weighted by atomic mass is 10.1. The molecule has 0 heterocycles. The van der Waals surface area contributed by atoms with Crippen LogP contribution < -0.4 is 5.32 Å². The van der Waals surface area contributed by atoms with Gasteiger partial charge in [-0.1, -0.05) is 17.7 Å². The molecule has 1 unspecified atom stereocenters. The number of phenols is 1. The molecule has 2 aromatic carbocycles. The summed E-state index contributed by atoms with van der Waals surface area (Å²) >= 11 is 5.52. The molecule has 144 valence electrons. The van der Waals surface area contributed by atoms with Crippen molar-refractivity contribution in [2.75, 3.05) is 5.32 Å². The quantitative estimate of drug-likeness (QED) is 0.736. The number of hydrogen-bond acceptors (Lipinski definition) is 4. The number of benzene rings is 2. The second-order valence-electron chi connectivity index (χ2n) is 5.73. The van der Waals surface area contributed by atoms with Crippen molar-refractivity contribution in [3.63, 3.8) is 0 Å². The fourth-order valence-electron chi connectivity index (χ4n) is 2.08. The summed E-state index contributed by atoms with van der Waals surface area (Å²) < 4.78 is 43.6. The number of halogens is 4. The first-order chi connectivity index (χ1) is 12.5. The number of aryl methyl sites for hydroxylation is 1. The van der Waals surface area contributed by atoms with Crippen LogP contribution >= 0.6 is 11.6 Å². The Morgan fingerprint density at radius 1 is 1.19 bits per heavy atom. The molecule has 2 N–H and O–H groups in total. The highest BCUT2D eigenvalue weighted by atomic mass is 35.5. The fraction of sp³-hybridized carbons (Fsp3) is 0.222. The highest BCUT2D eigenvalue weighted by molar-refractivity contribution is 6.31. The average Bonchev–Trinajstić information content (AvgIpc) is 2.57. The molecule has 0 aliphatic heterocycles. The van der Waals surface area contributed by atoms with Gasteiger partial charge in [0.05, 0.1) is 16.1 Å². The lowest BCUT2D eigenvalue weighted by molar-refractivity contribution is -0.137. The van der Waals surface area contributed by atoms with Crippen molar-refractivity contribution in [1.82, 2.24) is 0 Å². The smallest absolute Gasteiger partial charge is 0.417 e. The van der Waals surface area contributed by atoms with Crippen molar-refractivity contribution in [2.45, 2.75) is 26.1 Å². The molecule has 9 heteroatoms. The van der Waals surface area contributed by atoms with Crippen LogP contribution in [0.15, 0.2) is 36.4 Å². The van der Waals surface area contributed by atoms with Crippen LogP contribution in [-0.4, -0.2) is 23.1 Å². The Kier molecular flexibility index (Phi) is 6.00. The molecule has 0 saturated carbocycles. The van der Waals surface area contributed by atoms with Crippen LogP contribution in [0.4, 0.5) is 18.9 Å². The van der Waals surface area contributed by atoms with E-state index in [0.29, 0.717) is 11.6 Å². The van der Waals surface area contributed by atoms with E-state index in [9.17, 15) is 27.9 Å². The second kappa shape index (κ2) is 7.87. The summed E-state index contributed by atoms with van der Waals surface area (Å²) in [5.41, 5.74) is -0.654. The molecule has 0 aliphatic carbocycles. The third-order valence-corrected chi connectivity index (χ3v) is 3.97. The number of alkyl halides is 3. The van der Waals surface area contributed by atoms with Gasteiger partial charge in [0, 0.05) is 5.69 Å². The number of hydrogen-bond donors (Lipinski definition) is 2. The van der Waals surface area contributed by atoms with Crippen LogP contribution in [0.1, 0.15) is 28.4 Å². The molecule has 2 aromatic rings. The average molecular weight is 402 g/mol. The van der Waals surface area contributed by atoms with Crippen molar-refractivity contribution in [3.8, 4) is 5.75 Å². The van der Waals surface area contributed by atoms with Crippen molar-refractivity contribution in [3.05, 3.63) is 58.1 Å². The molecule has 2 rings (SSSR count). The lowest BCUT2D eigenvalue weighted by Crippen LogP contribution is -2.30. The van der Waals surface area contributed by atoms with Crippen molar-refractivity contribution in [2.24, 2.45) is 0 Å². The zero-order chi connectivity index (χ0) is 20.4. The standard InChI is InChI=1S/C18H15ClF3NO4/c1-9-3-4-11(7-15(9)24)17(26)27-10(2)16(25)23-12-5-6-14(19)13(8-12)18(20,21)22/h3-8,10,24H,1-2H3,(H,23,25). The van der Waals surface area contributed by atoms with Gasteiger partial charge in [0.1, 0.15) is 5.75 Å². The maximum absolute atomic E-state index is 12.9. The number of ether oxygens (including phenoxy) is 1. The Morgan fingerprint density at radius 3 is 2.44 bits per heavy atom. The molecule has 0 fully saturated rings. The first-order valence-corrected chi connectivity index (χ1v) is 8.05. The van der Waals surface area contributed by atoms with E-state index in [2.05, 4.69) is 5.32 Å². The molecule has 0 saturated heterocycles. The van der Waals surface area contributed by atoms with Crippen molar-refractivity contribution < 1.29 is 32.6 Å². The molecular formula is C18H15ClF3NO4. The molecule has 0 radical (unpaired) electrons. The van der Waals surface area contributed by atoms with Gasteiger partial charge in [-0.25, -0.2) is 4.79 Å². The Morgan fingerprint density at radius 2 is 1.85 bits per heavy atom. The lowest BCUT2D eigenvalue weighted by Gasteiger charge is -2.15. The van der Waals surface area contributed by atoms with E-state index in [4.69, 9.17) is 16.3 Å². The van der Waals surface area contributed by atoms with Crippen LogP contribution in [0, 0.1) is 6.92 Å². The highest BCUT2D eigenvalue weighted by Gasteiger charge is 2.33. The van der Waals surface area contributed by atoms with Gasteiger partial charge in [0.25, 0.3) is 5.91 Å². The molecule has 0 spiro atoms. The van der Waals surface area contributed by atoms with Gasteiger partial charge >= 0.3 is 12.1 Å². The van der Waals surface area contributed by atoms with Gasteiger partial charge in [-0.15, -0.1) is 0 Å². The summed E-state index contributed by atoms with van der Waals surface area (Å²) in [6.45, 7) is 2.91. The summed E-state index contributed by atoms with van der Waals surface area (Å²) in [7, 11) is 0. The van der Waals surface area contributed by atoms with Gasteiger partial charge < -0.3 is 15.2 Å². The minimum atomic E-state index is -4.68. The maximum atomic E-state index is 12.9. The van der Waals surface area contributed by atoms with Gasteiger partial charge in [-0.05, 0) is 49.7 Å². The Balaban J connectivity index is 2.07. The Bertz CT molecular complexity index is 883. The Hall–Kier alpha value is -2.74. The number of carbonyl (C=O) groups is 2. The van der Waals surface area contributed by atoms with E-state index in [-0.39, 0.29) is 17.0 Å². The van der Waals surface area contributed by atoms with Gasteiger partial charge in [0.15, 0.2) is 6.10 Å². The number of nitrogens with one attached hydrogen (secondary N) is 1. The molecule has 0 bridgehead atoms. The van der Waals surface area contributed by atoms with E-state index in [1.807, 2.05) is 0 Å². The minimum Gasteiger partial charge on any atom is -0.508 e. The molecular weight excluding hydrogens is 387 g/mol. The fourth-order valence-corrected chi connectivity index (χ4v) is 2.31. The van der Waals surface area contributed by atoms with Crippen molar-refractivity contribution >= 4 is 29.2 Å². The summed E-state index contributed by atoms with van der Waals surface area (Å²) in [4.78, 5) is 24.1. The molecule has 5 nitrogen and oxygen atoms in total. The van der Waals surface area contributed by atoms with E-state index >= 15 is 0 Å². The summed E-state index contributed by atoms with van der Waals surface area (Å²) in [6, 6.07) is 7.00. The molecule has 0 aromatic heterocycles. The molecule has 27 heavy (non-hydrogen) atoms. The van der Waals surface area contributed by atoms with Crippen molar-refractivity contribution in [1.29, 1.82) is 0 Å². The predicted octanol–water partition coefficient (Wildman–Crippen LogP) is 4.56. The second-order valence-corrected chi connectivity index (χ2v) is 6.14. The highest BCUT2D eigenvalue weighted by Crippen LogP contribution is 2.36. The third kappa shape index (κ3) is 5.13. The number of rotatable bonds is 4. The predicted molar refractivity (Wildman–Crippen MR) is 92.8 cm³/mol. The minimum absolute atomic E-state index is 0.0311. The van der Waals surface area contributed by atoms with Gasteiger partial charge in [0.2, 0.25) is 0 Å². The number of amides is 1. The normalized spacial score (nSPS) is 12.4. The van der Waals surface area contributed by atoms with Crippen LogP contribution in [0.2, 0.25) is 5.02 Å². The number of carbonyl (C=O) groups excluding carboxylic acids is 2.